The molecular weight excluding hydrogens is 460 g/mol. The first-order chi connectivity index (χ1) is 15.9. The molecule has 3 aromatic rings. The van der Waals surface area contributed by atoms with Crippen LogP contribution in [-0.2, 0) is 16.6 Å². The molecule has 0 unspecified atom stereocenters. The fourth-order valence-corrected chi connectivity index (χ4v) is 5.59. The lowest BCUT2D eigenvalue weighted by atomic mass is 10.2. The van der Waals surface area contributed by atoms with Gasteiger partial charge in [-0.2, -0.15) is 4.31 Å². The van der Waals surface area contributed by atoms with Crippen molar-refractivity contribution >= 4 is 33.2 Å². The normalized spacial score (nSPS) is 15.2. The minimum atomic E-state index is -3.65. The van der Waals surface area contributed by atoms with Crippen LogP contribution in [-0.4, -0.2) is 55.6 Å². The Labute approximate surface area is 196 Å². The monoisotopic (exact) mass is 484 g/mol. The zero-order valence-electron chi connectivity index (χ0n) is 17.8. The predicted octanol–water partition coefficient (Wildman–Crippen LogP) is 2.33. The zero-order chi connectivity index (χ0) is 23.3. The van der Waals surface area contributed by atoms with E-state index in [1.54, 1.807) is 17.5 Å². The second-order valence-corrected chi connectivity index (χ2v) is 10.5. The van der Waals surface area contributed by atoms with Gasteiger partial charge < -0.3 is 0 Å². The van der Waals surface area contributed by atoms with Crippen molar-refractivity contribution in [3.05, 3.63) is 88.1 Å². The molecule has 2 N–H and O–H groups in total. The summed E-state index contributed by atoms with van der Waals surface area (Å²) in [5, 5.41) is 1.76. The Morgan fingerprint density at radius 1 is 0.818 bits per heavy atom. The summed E-state index contributed by atoms with van der Waals surface area (Å²) in [7, 11) is -3.65. The Morgan fingerprint density at radius 3 is 2.12 bits per heavy atom. The summed E-state index contributed by atoms with van der Waals surface area (Å²) in [6.45, 7) is 2.91. The van der Waals surface area contributed by atoms with Crippen LogP contribution in [0.2, 0.25) is 0 Å². The summed E-state index contributed by atoms with van der Waals surface area (Å²) >= 11 is 1.26. The van der Waals surface area contributed by atoms with E-state index in [9.17, 15) is 18.0 Å². The summed E-state index contributed by atoms with van der Waals surface area (Å²) in [6, 6.07) is 19.2. The molecule has 1 aliphatic rings. The van der Waals surface area contributed by atoms with Gasteiger partial charge in [-0.3, -0.25) is 25.3 Å². The number of hydrazine groups is 1. The van der Waals surface area contributed by atoms with Crippen LogP contribution < -0.4 is 10.9 Å². The summed E-state index contributed by atoms with van der Waals surface area (Å²) in [5.74, 6) is -0.942. The minimum absolute atomic E-state index is 0.137. The van der Waals surface area contributed by atoms with Crippen LogP contribution in [0.4, 0.5) is 0 Å². The first-order valence-electron chi connectivity index (χ1n) is 10.4. The first kappa shape index (κ1) is 23.1. The lowest BCUT2D eigenvalue weighted by Crippen LogP contribution is -2.48. The number of hydrogen-bond acceptors (Lipinski definition) is 6. The van der Waals surface area contributed by atoms with E-state index in [0.29, 0.717) is 31.1 Å². The number of thiophene rings is 1. The largest absolute Gasteiger partial charge is 0.296 e. The molecule has 1 fully saturated rings. The molecule has 0 spiro atoms. The number of carbonyl (C=O) groups excluding carboxylic acids is 2. The molecule has 172 valence electrons. The number of hydrogen-bond donors (Lipinski definition) is 2. The van der Waals surface area contributed by atoms with E-state index in [1.165, 1.54) is 45.5 Å². The number of rotatable bonds is 6. The second kappa shape index (κ2) is 10.3. The Hall–Kier alpha value is -3.05. The molecular formula is C23H24N4O4S2. The molecule has 33 heavy (non-hydrogen) atoms. The summed E-state index contributed by atoms with van der Waals surface area (Å²) < 4.78 is 27.5. The Kier molecular flexibility index (Phi) is 7.19. The molecule has 1 saturated heterocycles. The quantitative estimate of drug-likeness (QED) is 0.524. The van der Waals surface area contributed by atoms with E-state index in [4.69, 9.17) is 0 Å². The maximum Gasteiger partial charge on any atom is 0.279 e. The maximum absolute atomic E-state index is 13.0. The Balaban J connectivity index is 1.32. The number of benzene rings is 2. The standard InChI is InChI=1S/C23H24N4O4S2/c28-22(24-25-23(29)21-7-4-16-32-21)19-8-10-20(11-9-19)33(30,31)27-14-12-26(13-15-27)17-18-5-2-1-3-6-18/h1-11,16H,12-15,17H2,(H,24,28)(H,25,29). The number of carbonyl (C=O) groups is 2. The van der Waals surface area contributed by atoms with E-state index >= 15 is 0 Å². The lowest BCUT2D eigenvalue weighted by molar-refractivity contribution is 0.0849. The Morgan fingerprint density at radius 2 is 1.48 bits per heavy atom. The van der Waals surface area contributed by atoms with E-state index in [1.807, 2.05) is 18.2 Å². The molecule has 8 nitrogen and oxygen atoms in total. The van der Waals surface area contributed by atoms with Crippen molar-refractivity contribution in [1.82, 2.24) is 20.1 Å². The lowest BCUT2D eigenvalue weighted by Gasteiger charge is -2.34. The number of nitrogens with one attached hydrogen (secondary N) is 2. The maximum atomic E-state index is 13.0. The van der Waals surface area contributed by atoms with Crippen LogP contribution in [0, 0.1) is 0 Å². The van der Waals surface area contributed by atoms with Gasteiger partial charge in [0.25, 0.3) is 11.8 Å². The van der Waals surface area contributed by atoms with Crippen LogP contribution in [0.5, 0.6) is 0 Å². The van der Waals surface area contributed by atoms with Gasteiger partial charge >= 0.3 is 0 Å². The topological polar surface area (TPSA) is 98.8 Å². The summed E-state index contributed by atoms with van der Waals surface area (Å²) in [5.41, 5.74) is 6.12. The van der Waals surface area contributed by atoms with E-state index in [-0.39, 0.29) is 10.5 Å². The van der Waals surface area contributed by atoms with Gasteiger partial charge in [-0.1, -0.05) is 36.4 Å². The van der Waals surface area contributed by atoms with Gasteiger partial charge in [-0.05, 0) is 41.3 Å². The number of piperazine rings is 1. The third-order valence-corrected chi connectivity index (χ3v) is 8.15. The van der Waals surface area contributed by atoms with Crippen LogP contribution >= 0.6 is 11.3 Å². The van der Waals surface area contributed by atoms with Crippen LogP contribution in [0.15, 0.2) is 77.0 Å². The third kappa shape index (κ3) is 5.66. The average molecular weight is 485 g/mol. The average Bonchev–Trinajstić information content (AvgIpc) is 3.39. The molecule has 10 heteroatoms. The van der Waals surface area contributed by atoms with E-state index < -0.39 is 21.8 Å². The first-order valence-corrected chi connectivity index (χ1v) is 12.8. The molecule has 0 saturated carbocycles. The molecule has 2 heterocycles. The summed E-state index contributed by atoms with van der Waals surface area (Å²) in [4.78, 5) is 27.0. The molecule has 0 radical (unpaired) electrons. The molecule has 4 rings (SSSR count). The highest BCUT2D eigenvalue weighted by atomic mass is 32.2. The van der Waals surface area contributed by atoms with Crippen molar-refractivity contribution in [2.75, 3.05) is 26.2 Å². The van der Waals surface area contributed by atoms with Crippen molar-refractivity contribution in [3.8, 4) is 0 Å². The zero-order valence-corrected chi connectivity index (χ0v) is 19.4. The molecule has 2 amide bonds. The molecule has 0 bridgehead atoms. The smallest absolute Gasteiger partial charge is 0.279 e. The molecule has 0 aliphatic carbocycles. The third-order valence-electron chi connectivity index (χ3n) is 5.37. The highest BCUT2D eigenvalue weighted by Crippen LogP contribution is 2.19. The van der Waals surface area contributed by atoms with Crippen molar-refractivity contribution < 1.29 is 18.0 Å². The van der Waals surface area contributed by atoms with Gasteiger partial charge in [0.15, 0.2) is 0 Å². The van der Waals surface area contributed by atoms with Gasteiger partial charge in [0.05, 0.1) is 9.77 Å². The molecule has 2 aromatic carbocycles. The van der Waals surface area contributed by atoms with Crippen LogP contribution in [0.25, 0.3) is 0 Å². The van der Waals surface area contributed by atoms with Gasteiger partial charge in [0, 0.05) is 38.3 Å². The molecule has 1 aliphatic heterocycles. The van der Waals surface area contributed by atoms with Crippen molar-refractivity contribution in [3.63, 3.8) is 0 Å². The number of sulfonamides is 1. The van der Waals surface area contributed by atoms with Crippen molar-refractivity contribution in [1.29, 1.82) is 0 Å². The highest BCUT2D eigenvalue weighted by Gasteiger charge is 2.28. The molecule has 0 atom stereocenters. The fourth-order valence-electron chi connectivity index (χ4n) is 3.55. The van der Waals surface area contributed by atoms with Crippen molar-refractivity contribution in [2.24, 2.45) is 0 Å². The van der Waals surface area contributed by atoms with Gasteiger partial charge in [0.2, 0.25) is 10.0 Å². The molecule has 1 aromatic heterocycles. The van der Waals surface area contributed by atoms with Gasteiger partial charge in [-0.15, -0.1) is 11.3 Å². The van der Waals surface area contributed by atoms with Crippen LogP contribution in [0.3, 0.4) is 0 Å². The van der Waals surface area contributed by atoms with Crippen molar-refractivity contribution in [2.45, 2.75) is 11.4 Å². The van der Waals surface area contributed by atoms with Gasteiger partial charge in [0.1, 0.15) is 0 Å². The van der Waals surface area contributed by atoms with E-state index in [0.717, 1.165) is 6.54 Å². The van der Waals surface area contributed by atoms with E-state index in [2.05, 4.69) is 27.9 Å². The number of nitrogens with zero attached hydrogens (tertiary/aromatic N) is 2. The Bertz CT molecular complexity index is 1190. The van der Waals surface area contributed by atoms with Gasteiger partial charge in [-0.25, -0.2) is 8.42 Å². The SMILES string of the molecule is O=C(NNC(=O)c1cccs1)c1ccc(S(=O)(=O)N2CCN(Cc3ccccc3)CC2)cc1. The predicted molar refractivity (Wildman–Crippen MR) is 126 cm³/mol. The highest BCUT2D eigenvalue weighted by molar-refractivity contribution is 7.89. The minimum Gasteiger partial charge on any atom is -0.296 e. The van der Waals surface area contributed by atoms with Crippen LogP contribution in [0.1, 0.15) is 25.6 Å². The second-order valence-electron chi connectivity index (χ2n) is 7.58. The summed E-state index contributed by atoms with van der Waals surface area (Å²) in [6.07, 6.45) is 0. The fraction of sp³-hybridized carbons (Fsp3) is 0.217. The number of amides is 2.